The number of hydrogen-bond donors (Lipinski definition) is 1. The summed E-state index contributed by atoms with van der Waals surface area (Å²) in [5.74, 6) is 0.184. The minimum atomic E-state index is 0.184. The summed E-state index contributed by atoms with van der Waals surface area (Å²) in [5, 5.41) is 3.35. The van der Waals surface area contributed by atoms with Crippen LogP contribution in [-0.2, 0) is 0 Å². The molecule has 0 saturated carbocycles. The zero-order valence-corrected chi connectivity index (χ0v) is 12.0. The third-order valence-corrected chi connectivity index (χ3v) is 3.83. The molecule has 1 unspecified atom stereocenters. The van der Waals surface area contributed by atoms with Crippen LogP contribution in [-0.4, -0.2) is 29.9 Å². The van der Waals surface area contributed by atoms with Crippen LogP contribution in [0.3, 0.4) is 0 Å². The Bertz CT molecular complexity index is 431. The molecule has 1 amide bonds. The van der Waals surface area contributed by atoms with Crippen molar-refractivity contribution in [2.24, 2.45) is 0 Å². The van der Waals surface area contributed by atoms with E-state index in [9.17, 15) is 4.79 Å². The second-order valence-corrected chi connectivity index (χ2v) is 5.18. The highest BCUT2D eigenvalue weighted by atomic mass is 16.2. The van der Waals surface area contributed by atoms with Crippen LogP contribution in [0, 0.1) is 0 Å². The predicted molar refractivity (Wildman–Crippen MR) is 79.6 cm³/mol. The van der Waals surface area contributed by atoms with Gasteiger partial charge in [0.15, 0.2) is 0 Å². The normalized spacial score (nSPS) is 18.6. The van der Waals surface area contributed by atoms with E-state index in [0.717, 1.165) is 50.0 Å². The zero-order valence-electron chi connectivity index (χ0n) is 12.0. The highest BCUT2D eigenvalue weighted by Crippen LogP contribution is 2.25. The third-order valence-electron chi connectivity index (χ3n) is 3.83. The smallest absolute Gasteiger partial charge is 0.256 e. The Morgan fingerprint density at radius 1 is 1.37 bits per heavy atom. The van der Waals surface area contributed by atoms with Gasteiger partial charge in [-0.3, -0.25) is 4.79 Å². The van der Waals surface area contributed by atoms with Crippen molar-refractivity contribution in [2.75, 3.05) is 18.4 Å². The molecule has 1 aromatic rings. The van der Waals surface area contributed by atoms with Crippen molar-refractivity contribution in [3.05, 3.63) is 29.8 Å². The number of carbonyl (C=O) groups excluding carboxylic acids is 1. The first kappa shape index (κ1) is 13.9. The summed E-state index contributed by atoms with van der Waals surface area (Å²) in [6.07, 6.45) is 4.39. The van der Waals surface area contributed by atoms with Crippen molar-refractivity contribution in [3.63, 3.8) is 0 Å². The van der Waals surface area contributed by atoms with E-state index in [1.807, 2.05) is 29.2 Å². The quantitative estimate of drug-likeness (QED) is 0.878. The van der Waals surface area contributed by atoms with E-state index in [1.165, 1.54) is 0 Å². The Balaban J connectivity index is 2.18. The highest BCUT2D eigenvalue weighted by Gasteiger charge is 2.28. The lowest BCUT2D eigenvalue weighted by Crippen LogP contribution is -2.35. The average molecular weight is 260 g/mol. The molecule has 1 fully saturated rings. The Morgan fingerprint density at radius 2 is 2.16 bits per heavy atom. The van der Waals surface area contributed by atoms with Crippen LogP contribution >= 0.6 is 0 Å². The molecule has 19 heavy (non-hydrogen) atoms. The molecule has 1 atom stereocenters. The Labute approximate surface area is 116 Å². The number of para-hydroxylation sites is 1. The molecule has 1 N–H and O–H groups in total. The van der Waals surface area contributed by atoms with Gasteiger partial charge in [0.1, 0.15) is 0 Å². The van der Waals surface area contributed by atoms with Crippen molar-refractivity contribution in [3.8, 4) is 0 Å². The van der Waals surface area contributed by atoms with Gasteiger partial charge in [0, 0.05) is 24.8 Å². The number of nitrogens with zero attached hydrogens (tertiary/aromatic N) is 1. The lowest BCUT2D eigenvalue weighted by molar-refractivity contribution is 0.0734. The second-order valence-electron chi connectivity index (χ2n) is 5.18. The summed E-state index contributed by atoms with van der Waals surface area (Å²) in [7, 11) is 0. The number of hydrogen-bond acceptors (Lipinski definition) is 2. The first-order valence-electron chi connectivity index (χ1n) is 7.41. The number of likely N-dealkylation sites (tertiary alicyclic amines) is 1. The molecule has 3 heteroatoms. The van der Waals surface area contributed by atoms with Gasteiger partial charge < -0.3 is 10.2 Å². The van der Waals surface area contributed by atoms with Crippen molar-refractivity contribution in [2.45, 2.75) is 45.6 Å². The van der Waals surface area contributed by atoms with Crippen LogP contribution in [0.4, 0.5) is 5.69 Å². The molecule has 0 bridgehead atoms. The van der Waals surface area contributed by atoms with Crippen LogP contribution in [0.1, 0.15) is 49.9 Å². The van der Waals surface area contributed by atoms with Crippen LogP contribution < -0.4 is 5.32 Å². The van der Waals surface area contributed by atoms with Gasteiger partial charge >= 0.3 is 0 Å². The van der Waals surface area contributed by atoms with Crippen LogP contribution in [0.15, 0.2) is 24.3 Å². The van der Waals surface area contributed by atoms with Crippen LogP contribution in [0.25, 0.3) is 0 Å². The third kappa shape index (κ3) is 3.09. The molecule has 3 nitrogen and oxygen atoms in total. The topological polar surface area (TPSA) is 32.3 Å². The van der Waals surface area contributed by atoms with Crippen molar-refractivity contribution in [1.29, 1.82) is 0 Å². The van der Waals surface area contributed by atoms with Gasteiger partial charge in [0.25, 0.3) is 5.91 Å². The Morgan fingerprint density at radius 3 is 2.89 bits per heavy atom. The lowest BCUT2D eigenvalue weighted by atomic mass is 10.1. The van der Waals surface area contributed by atoms with Gasteiger partial charge in [-0.05, 0) is 37.8 Å². The Kier molecular flexibility index (Phi) is 4.83. The van der Waals surface area contributed by atoms with E-state index in [0.29, 0.717) is 6.04 Å². The van der Waals surface area contributed by atoms with Gasteiger partial charge in [-0.1, -0.05) is 26.0 Å². The van der Waals surface area contributed by atoms with Crippen LogP contribution in [0.5, 0.6) is 0 Å². The standard InChI is InChI=1S/C16H24N2O/c1-3-11-17-15-10-6-5-9-14(15)16(19)18-12-7-8-13(18)4-2/h5-6,9-10,13,17H,3-4,7-8,11-12H2,1-2H3. The van der Waals surface area contributed by atoms with Gasteiger partial charge in [-0.15, -0.1) is 0 Å². The number of benzene rings is 1. The summed E-state index contributed by atoms with van der Waals surface area (Å²) in [6.45, 7) is 6.10. The number of anilines is 1. The van der Waals surface area contributed by atoms with Gasteiger partial charge in [0.2, 0.25) is 0 Å². The summed E-state index contributed by atoms with van der Waals surface area (Å²) < 4.78 is 0. The number of amides is 1. The fourth-order valence-corrected chi connectivity index (χ4v) is 2.77. The van der Waals surface area contributed by atoms with E-state index in [1.54, 1.807) is 0 Å². The minimum Gasteiger partial charge on any atom is -0.384 e. The molecule has 0 aromatic heterocycles. The molecule has 1 aliphatic heterocycles. The number of carbonyl (C=O) groups is 1. The average Bonchev–Trinajstić information content (AvgIpc) is 2.93. The maximum Gasteiger partial charge on any atom is 0.256 e. The largest absolute Gasteiger partial charge is 0.384 e. The molecule has 1 aromatic carbocycles. The molecular formula is C16H24N2O. The number of rotatable bonds is 5. The predicted octanol–water partition coefficient (Wildman–Crippen LogP) is 3.52. The summed E-state index contributed by atoms with van der Waals surface area (Å²) in [4.78, 5) is 14.7. The van der Waals surface area contributed by atoms with Crippen LogP contribution in [0.2, 0.25) is 0 Å². The molecule has 1 heterocycles. The SMILES string of the molecule is CCCNc1ccccc1C(=O)N1CCCC1CC. The van der Waals surface area contributed by atoms with Crippen molar-refractivity contribution < 1.29 is 4.79 Å². The number of nitrogens with one attached hydrogen (secondary N) is 1. The van der Waals surface area contributed by atoms with Gasteiger partial charge in [0.05, 0.1) is 5.56 Å². The monoisotopic (exact) mass is 260 g/mol. The van der Waals surface area contributed by atoms with E-state index < -0.39 is 0 Å². The lowest BCUT2D eigenvalue weighted by Gasteiger charge is -2.25. The molecule has 0 radical (unpaired) electrons. The Hall–Kier alpha value is -1.51. The molecule has 104 valence electrons. The maximum absolute atomic E-state index is 12.7. The molecule has 2 rings (SSSR count). The molecule has 0 aliphatic carbocycles. The van der Waals surface area contributed by atoms with Crippen molar-refractivity contribution >= 4 is 11.6 Å². The zero-order chi connectivity index (χ0) is 13.7. The summed E-state index contributed by atoms with van der Waals surface area (Å²) in [5.41, 5.74) is 1.78. The fourth-order valence-electron chi connectivity index (χ4n) is 2.77. The first-order chi connectivity index (χ1) is 9.27. The second kappa shape index (κ2) is 6.60. The fraction of sp³-hybridized carbons (Fsp3) is 0.562. The van der Waals surface area contributed by atoms with E-state index >= 15 is 0 Å². The molecule has 1 aliphatic rings. The van der Waals surface area contributed by atoms with Crippen molar-refractivity contribution in [1.82, 2.24) is 4.90 Å². The van der Waals surface area contributed by atoms with Gasteiger partial charge in [-0.25, -0.2) is 0 Å². The summed E-state index contributed by atoms with van der Waals surface area (Å²) >= 11 is 0. The molecular weight excluding hydrogens is 236 g/mol. The van der Waals surface area contributed by atoms with E-state index in [2.05, 4.69) is 19.2 Å². The highest BCUT2D eigenvalue weighted by molar-refractivity contribution is 5.99. The maximum atomic E-state index is 12.7. The first-order valence-corrected chi connectivity index (χ1v) is 7.41. The molecule has 1 saturated heterocycles. The molecule has 0 spiro atoms. The van der Waals surface area contributed by atoms with E-state index in [4.69, 9.17) is 0 Å². The minimum absolute atomic E-state index is 0.184. The van der Waals surface area contributed by atoms with Gasteiger partial charge in [-0.2, -0.15) is 0 Å². The summed E-state index contributed by atoms with van der Waals surface area (Å²) in [6, 6.07) is 8.29. The van der Waals surface area contributed by atoms with E-state index in [-0.39, 0.29) is 5.91 Å².